The molecule has 45 heavy (non-hydrogen) atoms. The molecule has 1 fully saturated rings. The lowest BCUT2D eigenvalue weighted by molar-refractivity contribution is -0.385. The van der Waals surface area contributed by atoms with Crippen LogP contribution in [0.2, 0.25) is 10.0 Å². The number of nitro benzene ring substituents is 1. The van der Waals surface area contributed by atoms with Crippen LogP contribution in [0.1, 0.15) is 18.9 Å². The van der Waals surface area contributed by atoms with Crippen LogP contribution in [0.3, 0.4) is 0 Å². The maximum absolute atomic E-state index is 13.7. The first-order chi connectivity index (χ1) is 21.5. The number of hydrogen-bond acceptors (Lipinski definition) is 7. The highest BCUT2D eigenvalue weighted by molar-refractivity contribution is 6.31. The van der Waals surface area contributed by atoms with Gasteiger partial charge in [0.15, 0.2) is 11.7 Å². The molecule has 3 aromatic carbocycles. The lowest BCUT2D eigenvalue weighted by atomic mass is 10.2. The van der Waals surface area contributed by atoms with Gasteiger partial charge in [0.25, 0.3) is 0 Å². The maximum Gasteiger partial charge on any atom is 0.311 e. The molecule has 0 atom stereocenters. The minimum Gasteiger partial charge on any atom is -0.487 e. The number of rotatable bonds is 11. The molecule has 0 aliphatic carbocycles. The first kappa shape index (κ1) is 33.6. The molecule has 0 radical (unpaired) electrons. The number of anilines is 1. The van der Waals surface area contributed by atoms with Gasteiger partial charge in [-0.3, -0.25) is 14.9 Å². The van der Waals surface area contributed by atoms with E-state index < -0.39 is 10.7 Å². The van der Waals surface area contributed by atoms with E-state index in [0.717, 1.165) is 11.3 Å². The van der Waals surface area contributed by atoms with Crippen LogP contribution in [0.15, 0.2) is 59.6 Å². The minimum absolute atomic E-state index is 0.0127. The van der Waals surface area contributed by atoms with Crippen LogP contribution in [-0.4, -0.2) is 80.0 Å². The number of nitrogens with one attached hydrogen (secondary N) is 1. The molecule has 0 aromatic heterocycles. The van der Waals surface area contributed by atoms with Gasteiger partial charge in [0, 0.05) is 87.7 Å². The number of carbonyl (C=O) groups is 1. The van der Waals surface area contributed by atoms with Crippen molar-refractivity contribution in [2.24, 2.45) is 4.99 Å². The zero-order valence-corrected chi connectivity index (χ0v) is 26.8. The van der Waals surface area contributed by atoms with Crippen molar-refractivity contribution >= 4 is 46.4 Å². The number of carbonyl (C=O) groups excluding carboxylic acids is 1. The molecule has 1 aliphatic rings. The summed E-state index contributed by atoms with van der Waals surface area (Å²) in [4.78, 5) is 33.8. The molecule has 3 aromatic rings. The number of nitro groups is 1. The number of guanidine groups is 1. The highest BCUT2D eigenvalue weighted by Crippen LogP contribution is 2.33. The molecule has 1 amide bonds. The molecule has 11 nitrogen and oxygen atoms in total. The van der Waals surface area contributed by atoms with Gasteiger partial charge in [0.1, 0.15) is 17.3 Å². The molecule has 0 saturated carbocycles. The first-order valence-corrected chi connectivity index (χ1v) is 15.1. The van der Waals surface area contributed by atoms with Gasteiger partial charge in [-0.1, -0.05) is 29.3 Å². The molecule has 14 heteroatoms. The van der Waals surface area contributed by atoms with Gasteiger partial charge in [-0.2, -0.15) is 0 Å². The summed E-state index contributed by atoms with van der Waals surface area (Å²) >= 11 is 12.2. The highest BCUT2D eigenvalue weighted by atomic mass is 35.5. The number of nitrogens with zero attached hydrogens (tertiary/aromatic N) is 5. The van der Waals surface area contributed by atoms with Crippen LogP contribution in [0.25, 0.3) is 0 Å². The normalized spacial score (nSPS) is 13.4. The fraction of sp³-hybridized carbons (Fsp3) is 0.355. The van der Waals surface area contributed by atoms with E-state index in [1.54, 1.807) is 45.3 Å². The van der Waals surface area contributed by atoms with Crippen molar-refractivity contribution in [2.45, 2.75) is 19.9 Å². The predicted molar refractivity (Wildman–Crippen MR) is 173 cm³/mol. The Hall–Kier alpha value is -4.29. The van der Waals surface area contributed by atoms with Crippen molar-refractivity contribution < 1.29 is 23.6 Å². The standard InChI is InChI=1S/C31H35Cl2FN6O5/c1-4-44-29-18-23(7-10-27(29)40(42)43)38-13-15-39(16-14-38)31(35-12-11-30(41)37(2)3)36-20-21-5-6-22(32)17-28(21)45-24-8-9-26(34)25(33)19-24/h5-10,17-19H,4,11-16,20H2,1-3H3,(H,35,36). The third-order valence-electron chi connectivity index (χ3n) is 7.05. The molecular weight excluding hydrogens is 626 g/mol. The van der Waals surface area contributed by atoms with E-state index in [9.17, 15) is 19.3 Å². The monoisotopic (exact) mass is 660 g/mol. The lowest BCUT2D eigenvalue weighted by Crippen LogP contribution is -2.53. The summed E-state index contributed by atoms with van der Waals surface area (Å²) in [7, 11) is 3.42. The fourth-order valence-electron chi connectivity index (χ4n) is 4.65. The number of ether oxygens (including phenoxy) is 2. The Bertz CT molecular complexity index is 1550. The molecular formula is C31H35Cl2FN6O5. The van der Waals surface area contributed by atoms with Crippen molar-refractivity contribution in [3.63, 3.8) is 0 Å². The topological polar surface area (TPSA) is 113 Å². The molecule has 0 unspecified atom stereocenters. The molecule has 1 saturated heterocycles. The Morgan fingerprint density at radius 2 is 1.82 bits per heavy atom. The zero-order valence-electron chi connectivity index (χ0n) is 25.3. The van der Waals surface area contributed by atoms with Crippen LogP contribution < -0.4 is 19.7 Å². The van der Waals surface area contributed by atoms with E-state index in [4.69, 9.17) is 37.7 Å². The van der Waals surface area contributed by atoms with Gasteiger partial charge in [0.2, 0.25) is 5.91 Å². The van der Waals surface area contributed by atoms with Crippen molar-refractivity contribution in [2.75, 3.05) is 58.3 Å². The lowest BCUT2D eigenvalue weighted by Gasteiger charge is -2.38. The number of amides is 1. The molecule has 4 rings (SSSR count). The van der Waals surface area contributed by atoms with Gasteiger partial charge in [0.05, 0.1) is 23.1 Å². The fourth-order valence-corrected chi connectivity index (χ4v) is 4.98. The minimum atomic E-state index is -0.549. The molecule has 0 spiro atoms. The number of hydrogen-bond donors (Lipinski definition) is 1. The van der Waals surface area contributed by atoms with E-state index in [1.165, 1.54) is 29.2 Å². The van der Waals surface area contributed by atoms with Crippen molar-refractivity contribution in [3.05, 3.63) is 86.1 Å². The zero-order chi connectivity index (χ0) is 32.5. The summed E-state index contributed by atoms with van der Waals surface area (Å²) in [5.74, 6) is 1.09. The number of halogens is 3. The first-order valence-electron chi connectivity index (χ1n) is 14.4. The van der Waals surface area contributed by atoms with Gasteiger partial charge in [-0.25, -0.2) is 9.38 Å². The van der Waals surface area contributed by atoms with E-state index >= 15 is 0 Å². The summed E-state index contributed by atoms with van der Waals surface area (Å²) in [6, 6.07) is 14.2. The summed E-state index contributed by atoms with van der Waals surface area (Å²) < 4.78 is 25.2. The quantitative estimate of drug-likeness (QED) is 0.116. The molecule has 1 heterocycles. The average Bonchev–Trinajstić information content (AvgIpc) is 3.01. The molecule has 1 N–H and O–H groups in total. The summed E-state index contributed by atoms with van der Waals surface area (Å²) in [5.41, 5.74) is 1.49. The summed E-state index contributed by atoms with van der Waals surface area (Å²) in [6.45, 7) is 5.17. The maximum atomic E-state index is 13.7. The van der Waals surface area contributed by atoms with E-state index in [1.807, 2.05) is 6.07 Å². The van der Waals surface area contributed by atoms with E-state index in [0.29, 0.717) is 61.8 Å². The summed E-state index contributed by atoms with van der Waals surface area (Å²) in [5, 5.41) is 15.1. The van der Waals surface area contributed by atoms with Gasteiger partial charge in [-0.05, 0) is 37.3 Å². The third-order valence-corrected chi connectivity index (χ3v) is 7.58. The van der Waals surface area contributed by atoms with Crippen LogP contribution >= 0.6 is 23.2 Å². The third kappa shape index (κ3) is 9.11. The van der Waals surface area contributed by atoms with Crippen LogP contribution in [0.5, 0.6) is 17.2 Å². The Balaban J connectivity index is 1.52. The van der Waals surface area contributed by atoms with Crippen molar-refractivity contribution in [3.8, 4) is 17.2 Å². The van der Waals surface area contributed by atoms with Crippen LogP contribution in [-0.2, 0) is 11.3 Å². The predicted octanol–water partition coefficient (Wildman–Crippen LogP) is 5.98. The second kappa shape index (κ2) is 15.6. The number of benzene rings is 3. The summed E-state index contributed by atoms with van der Waals surface area (Å²) in [6.07, 6.45) is 0.287. The van der Waals surface area contributed by atoms with Gasteiger partial charge in [-0.15, -0.1) is 0 Å². The van der Waals surface area contributed by atoms with Crippen molar-refractivity contribution in [1.82, 2.24) is 15.1 Å². The second-order valence-electron chi connectivity index (χ2n) is 10.4. The SMILES string of the molecule is CCOc1cc(N2CCN(C(=NCc3ccc(Cl)cc3Oc3ccc(F)c(Cl)c3)NCCC(=O)N(C)C)CC2)ccc1[N+](=O)[O-]. The molecule has 0 bridgehead atoms. The van der Waals surface area contributed by atoms with Crippen LogP contribution in [0.4, 0.5) is 15.8 Å². The second-order valence-corrected chi connectivity index (χ2v) is 11.2. The van der Waals surface area contributed by atoms with Crippen molar-refractivity contribution in [1.29, 1.82) is 0 Å². The van der Waals surface area contributed by atoms with E-state index in [-0.39, 0.29) is 35.3 Å². The number of aliphatic imine (C=N–C) groups is 1. The molecule has 240 valence electrons. The highest BCUT2D eigenvalue weighted by Gasteiger charge is 2.23. The Morgan fingerprint density at radius 3 is 2.49 bits per heavy atom. The van der Waals surface area contributed by atoms with Crippen LogP contribution in [0, 0.1) is 15.9 Å². The Labute approximate surface area is 271 Å². The molecule has 1 aliphatic heterocycles. The average molecular weight is 662 g/mol. The smallest absolute Gasteiger partial charge is 0.311 e. The number of piperazine rings is 1. The Kier molecular flexibility index (Phi) is 11.7. The Morgan fingerprint density at radius 1 is 1.07 bits per heavy atom. The van der Waals surface area contributed by atoms with Gasteiger partial charge < -0.3 is 29.5 Å². The largest absolute Gasteiger partial charge is 0.487 e. The van der Waals surface area contributed by atoms with Gasteiger partial charge >= 0.3 is 5.69 Å². The van der Waals surface area contributed by atoms with E-state index in [2.05, 4.69) is 15.1 Å².